The molecule has 24 heavy (non-hydrogen) atoms. The third-order valence-corrected chi connectivity index (χ3v) is 4.05. The van der Waals surface area contributed by atoms with Gasteiger partial charge in [-0.25, -0.2) is 15.0 Å². The van der Waals surface area contributed by atoms with Gasteiger partial charge in [-0.3, -0.25) is 0 Å². The van der Waals surface area contributed by atoms with Crippen molar-refractivity contribution < 1.29 is 0 Å². The molecule has 120 valence electrons. The van der Waals surface area contributed by atoms with Crippen molar-refractivity contribution in [3.8, 4) is 22.8 Å². The average Bonchev–Trinajstić information content (AvgIpc) is 2.61. The Hall–Kier alpha value is -2.81. The minimum atomic E-state index is 0.663. The van der Waals surface area contributed by atoms with Gasteiger partial charge in [0, 0.05) is 16.5 Å². The highest BCUT2D eigenvalue weighted by molar-refractivity contribution is 5.67. The molecule has 0 bridgehead atoms. The summed E-state index contributed by atoms with van der Waals surface area (Å²) in [7, 11) is 0. The Morgan fingerprint density at radius 2 is 1.58 bits per heavy atom. The van der Waals surface area contributed by atoms with Crippen LogP contribution in [0.3, 0.4) is 0 Å². The number of pyridine rings is 1. The maximum absolute atomic E-state index is 4.87. The van der Waals surface area contributed by atoms with E-state index in [-0.39, 0.29) is 0 Å². The standard InChI is InChI=1S/C21H21N3/c1-5-16-18(6-2)23-21(19-13-9-11-15(4)22-19)24-20(16)17-12-8-7-10-14(17)3/h5-13H,1-4H3/b16-5+,18-6+. The summed E-state index contributed by atoms with van der Waals surface area (Å²) in [6.07, 6.45) is 4.10. The van der Waals surface area contributed by atoms with Crippen LogP contribution in [0.4, 0.5) is 0 Å². The fourth-order valence-corrected chi connectivity index (χ4v) is 2.82. The highest BCUT2D eigenvalue weighted by Gasteiger charge is 2.11. The first kappa shape index (κ1) is 16.1. The van der Waals surface area contributed by atoms with Crippen LogP contribution in [0.5, 0.6) is 0 Å². The first-order valence-electron chi connectivity index (χ1n) is 8.15. The molecule has 0 amide bonds. The van der Waals surface area contributed by atoms with Crippen molar-refractivity contribution in [3.63, 3.8) is 0 Å². The molecule has 1 aromatic carbocycles. The Morgan fingerprint density at radius 3 is 2.25 bits per heavy atom. The van der Waals surface area contributed by atoms with E-state index in [4.69, 9.17) is 9.97 Å². The van der Waals surface area contributed by atoms with E-state index in [0.29, 0.717) is 5.82 Å². The van der Waals surface area contributed by atoms with E-state index >= 15 is 0 Å². The van der Waals surface area contributed by atoms with Crippen LogP contribution in [0.15, 0.2) is 42.5 Å². The molecule has 0 radical (unpaired) electrons. The van der Waals surface area contributed by atoms with E-state index in [1.54, 1.807) is 0 Å². The summed E-state index contributed by atoms with van der Waals surface area (Å²) in [5, 5.41) is 1.99. The summed E-state index contributed by atoms with van der Waals surface area (Å²) in [4.78, 5) is 14.2. The van der Waals surface area contributed by atoms with E-state index in [1.165, 1.54) is 5.56 Å². The van der Waals surface area contributed by atoms with Gasteiger partial charge in [0.25, 0.3) is 0 Å². The van der Waals surface area contributed by atoms with Crippen molar-refractivity contribution in [2.75, 3.05) is 0 Å². The molecule has 0 fully saturated rings. The summed E-state index contributed by atoms with van der Waals surface area (Å²) in [6.45, 7) is 8.12. The molecule has 0 saturated carbocycles. The van der Waals surface area contributed by atoms with Gasteiger partial charge in [-0.2, -0.15) is 0 Å². The first-order chi connectivity index (χ1) is 11.6. The molecule has 0 N–H and O–H groups in total. The van der Waals surface area contributed by atoms with Gasteiger partial charge in [-0.05, 0) is 45.4 Å². The van der Waals surface area contributed by atoms with Crippen LogP contribution in [-0.4, -0.2) is 15.0 Å². The minimum absolute atomic E-state index is 0.663. The molecule has 3 rings (SSSR count). The van der Waals surface area contributed by atoms with Crippen LogP contribution in [0, 0.1) is 13.8 Å². The quantitative estimate of drug-likeness (QED) is 0.727. The number of benzene rings is 1. The van der Waals surface area contributed by atoms with E-state index < -0.39 is 0 Å². The second-order valence-corrected chi connectivity index (χ2v) is 5.75. The maximum atomic E-state index is 4.87. The van der Waals surface area contributed by atoms with Crippen LogP contribution in [0.1, 0.15) is 25.1 Å². The van der Waals surface area contributed by atoms with Gasteiger partial charge in [0.15, 0.2) is 5.82 Å². The Balaban J connectivity index is 2.37. The van der Waals surface area contributed by atoms with Gasteiger partial charge in [-0.15, -0.1) is 0 Å². The van der Waals surface area contributed by atoms with Crippen molar-refractivity contribution in [1.82, 2.24) is 15.0 Å². The van der Waals surface area contributed by atoms with Crippen molar-refractivity contribution >= 4 is 12.2 Å². The molecule has 2 aromatic heterocycles. The fraction of sp³-hybridized carbons (Fsp3) is 0.190. The topological polar surface area (TPSA) is 38.7 Å². The van der Waals surface area contributed by atoms with Gasteiger partial charge in [0.1, 0.15) is 5.69 Å². The summed E-state index contributed by atoms with van der Waals surface area (Å²) < 4.78 is 0. The molecular formula is C21H21N3. The lowest BCUT2D eigenvalue weighted by atomic mass is 10.0. The molecule has 0 unspecified atom stereocenters. The summed E-state index contributed by atoms with van der Waals surface area (Å²) in [6, 6.07) is 14.2. The summed E-state index contributed by atoms with van der Waals surface area (Å²) in [5.41, 5.74) is 5.05. The zero-order valence-electron chi connectivity index (χ0n) is 14.5. The van der Waals surface area contributed by atoms with Crippen molar-refractivity contribution in [2.24, 2.45) is 0 Å². The Bertz CT molecular complexity index is 1000. The highest BCUT2D eigenvalue weighted by Crippen LogP contribution is 2.19. The average molecular weight is 315 g/mol. The number of aryl methyl sites for hydroxylation is 2. The van der Waals surface area contributed by atoms with Crippen molar-refractivity contribution in [3.05, 3.63) is 64.3 Å². The Morgan fingerprint density at radius 1 is 0.792 bits per heavy atom. The van der Waals surface area contributed by atoms with E-state index in [1.807, 2.05) is 57.2 Å². The molecule has 0 aliphatic rings. The number of hydrogen-bond acceptors (Lipinski definition) is 3. The van der Waals surface area contributed by atoms with Crippen molar-refractivity contribution in [2.45, 2.75) is 27.7 Å². The third kappa shape index (κ3) is 2.98. The molecule has 3 nitrogen and oxygen atoms in total. The van der Waals surface area contributed by atoms with Crippen LogP contribution in [-0.2, 0) is 0 Å². The number of rotatable bonds is 2. The van der Waals surface area contributed by atoms with Gasteiger partial charge in [0.05, 0.1) is 11.0 Å². The van der Waals surface area contributed by atoms with Crippen LogP contribution < -0.4 is 10.6 Å². The minimum Gasteiger partial charge on any atom is -0.250 e. The molecule has 0 atom stereocenters. The molecular weight excluding hydrogens is 294 g/mol. The Kier molecular flexibility index (Phi) is 4.52. The van der Waals surface area contributed by atoms with Gasteiger partial charge in [-0.1, -0.05) is 42.5 Å². The molecule has 0 aliphatic carbocycles. The third-order valence-electron chi connectivity index (χ3n) is 4.05. The number of aromatic nitrogens is 3. The zero-order valence-corrected chi connectivity index (χ0v) is 14.5. The largest absolute Gasteiger partial charge is 0.250 e. The highest BCUT2D eigenvalue weighted by atomic mass is 14.9. The monoisotopic (exact) mass is 315 g/mol. The SMILES string of the molecule is C/C=c1/c(-c2ccccc2C)nc(-c2cccc(C)n2)n/c1=C/C. The first-order valence-corrected chi connectivity index (χ1v) is 8.15. The van der Waals surface area contributed by atoms with Crippen LogP contribution in [0.2, 0.25) is 0 Å². The van der Waals surface area contributed by atoms with Gasteiger partial charge < -0.3 is 0 Å². The molecule has 3 aromatic rings. The summed E-state index contributed by atoms with van der Waals surface area (Å²) >= 11 is 0. The zero-order chi connectivity index (χ0) is 17.1. The van der Waals surface area contributed by atoms with Crippen LogP contribution in [0.25, 0.3) is 34.9 Å². The molecule has 3 heteroatoms. The molecule has 0 aliphatic heterocycles. The summed E-state index contributed by atoms with van der Waals surface area (Å²) in [5.74, 6) is 0.663. The van der Waals surface area contributed by atoms with Crippen LogP contribution >= 0.6 is 0 Å². The van der Waals surface area contributed by atoms with E-state index in [2.05, 4.69) is 30.1 Å². The normalized spacial score (nSPS) is 12.7. The number of hydrogen-bond donors (Lipinski definition) is 0. The molecule has 2 heterocycles. The lowest BCUT2D eigenvalue weighted by Crippen LogP contribution is -2.32. The Labute approximate surface area is 142 Å². The van der Waals surface area contributed by atoms with E-state index in [0.717, 1.165) is 33.2 Å². The lowest BCUT2D eigenvalue weighted by molar-refractivity contribution is 1.07. The molecule has 0 spiro atoms. The van der Waals surface area contributed by atoms with Crippen molar-refractivity contribution in [1.29, 1.82) is 0 Å². The smallest absolute Gasteiger partial charge is 0.179 e. The van der Waals surface area contributed by atoms with Gasteiger partial charge >= 0.3 is 0 Å². The predicted octanol–water partition coefficient (Wildman–Crippen LogP) is 3.42. The second kappa shape index (κ2) is 6.75. The van der Waals surface area contributed by atoms with Gasteiger partial charge in [0.2, 0.25) is 0 Å². The predicted molar refractivity (Wildman–Crippen MR) is 99.7 cm³/mol. The lowest BCUT2D eigenvalue weighted by Gasteiger charge is -2.09. The molecule has 0 saturated heterocycles. The second-order valence-electron chi connectivity index (χ2n) is 5.75. The number of nitrogens with zero attached hydrogens (tertiary/aromatic N) is 3. The van der Waals surface area contributed by atoms with E-state index in [9.17, 15) is 0 Å². The maximum Gasteiger partial charge on any atom is 0.179 e. The fourth-order valence-electron chi connectivity index (χ4n) is 2.82.